The van der Waals surface area contributed by atoms with Crippen LogP contribution in [0.5, 0.6) is 0 Å². The van der Waals surface area contributed by atoms with E-state index in [1.165, 1.54) is 0 Å². The molecule has 0 atom stereocenters. The van der Waals surface area contributed by atoms with E-state index in [0.717, 1.165) is 0 Å². The molecule has 0 saturated carbocycles. The summed E-state index contributed by atoms with van der Waals surface area (Å²) >= 11 is 0. The molecule has 9 nitrogen and oxygen atoms in total. The van der Waals surface area contributed by atoms with Crippen molar-refractivity contribution in [1.29, 1.82) is 0 Å². The molecule has 80 valence electrons. The molecule has 0 aromatic rings. The first-order valence-electron chi connectivity index (χ1n) is 0.612. The first-order chi connectivity index (χ1) is 1.73. The fourth-order valence-corrected chi connectivity index (χ4v) is 0. The summed E-state index contributed by atoms with van der Waals surface area (Å²) in [4.78, 5) is 8.33. The fourth-order valence-electron chi connectivity index (χ4n) is 0. The van der Waals surface area contributed by atoms with Gasteiger partial charge in [0.1, 0.15) is 0 Å². The molecule has 0 fully saturated rings. The molecule has 0 aromatic heterocycles. The molecule has 0 bridgehead atoms. The van der Waals surface area contributed by atoms with Gasteiger partial charge in [0, 0.05) is 0 Å². The van der Waals surface area contributed by atoms with Crippen LogP contribution in [0.25, 0.3) is 0 Å². The van der Waals surface area contributed by atoms with Gasteiger partial charge in [-0.15, -0.1) is 0 Å². The average molecular weight is 221 g/mol. The number of hydrogen-bond acceptors (Lipinski definition) is 9. The van der Waals surface area contributed by atoms with Gasteiger partial charge in [0.15, 0.2) is 0 Å². The van der Waals surface area contributed by atoms with Crippen molar-refractivity contribution in [1.82, 2.24) is 36.9 Å². The third-order valence-electron chi connectivity index (χ3n) is 0. The van der Waals surface area contributed by atoms with Gasteiger partial charge < -0.3 is 51.9 Å². The molecule has 0 aromatic carbocycles. The summed E-state index contributed by atoms with van der Waals surface area (Å²) in [5.41, 5.74) is 0. The Hall–Kier alpha value is -0.476. The first-order valence-corrected chi connectivity index (χ1v) is 0.612. The zero-order chi connectivity index (χ0) is 3.58. The smallest absolute Gasteiger partial charge is 0.652 e. The van der Waals surface area contributed by atoms with Crippen LogP contribution >= 0.6 is 0 Å². The second kappa shape index (κ2) is 109. The van der Waals surface area contributed by atoms with Crippen LogP contribution < -0.4 is 47.1 Å². The van der Waals surface area contributed by atoms with E-state index in [0.29, 0.717) is 0 Å². The topological polar surface area (TPSA) is 273 Å². The predicted molar refractivity (Wildman–Crippen MR) is 35.5 cm³/mol. The van der Waals surface area contributed by atoms with Gasteiger partial charge in [-0.05, 0) is 6.16 Å². The summed E-state index contributed by atoms with van der Waals surface area (Å²) in [6, 6.07) is 0. The maximum Gasteiger partial charge on any atom is 2.00 e. The molecular formula is CH18N6NiO3. The van der Waals surface area contributed by atoms with Crippen molar-refractivity contribution in [2.24, 2.45) is 0 Å². The third-order valence-corrected chi connectivity index (χ3v) is 0. The average Bonchev–Trinajstić information content (AvgIpc) is 0.811. The van der Waals surface area contributed by atoms with Crippen molar-refractivity contribution in [2.45, 2.75) is 0 Å². The Morgan fingerprint density at radius 1 is 0.727 bits per heavy atom. The molecule has 0 amide bonds. The van der Waals surface area contributed by atoms with Crippen LogP contribution in [-0.2, 0) is 16.5 Å². The van der Waals surface area contributed by atoms with E-state index in [1.807, 2.05) is 0 Å². The molecule has 11 heavy (non-hydrogen) atoms. The van der Waals surface area contributed by atoms with Crippen LogP contribution in [-0.4, -0.2) is 6.16 Å². The standard InChI is InChI=1S/CH2O3.6H3N.Ni/c2-1(3)4;;;;;;;/h(H2,2,3,4);6*1H3;/q;;;;;;;+2/p-2. The Kier molecular flexibility index (Phi) is 1480. The Labute approximate surface area is 75.4 Å². The molecule has 0 aliphatic heterocycles. The van der Waals surface area contributed by atoms with E-state index in [-0.39, 0.29) is 53.4 Å². The van der Waals surface area contributed by atoms with Crippen molar-refractivity contribution < 1.29 is 31.5 Å². The largest absolute Gasteiger partial charge is 2.00 e. The summed E-state index contributed by atoms with van der Waals surface area (Å²) in [5.74, 6) is 0. The van der Waals surface area contributed by atoms with E-state index < -0.39 is 6.16 Å². The normalized spacial score (nSPS) is 2.18. The van der Waals surface area contributed by atoms with E-state index in [1.54, 1.807) is 0 Å². The number of carbonyl (C=O) groups excluding carboxylic acids is 1. The second-order valence-electron chi connectivity index (χ2n) is 0.250. The van der Waals surface area contributed by atoms with Crippen LogP contribution in [0.2, 0.25) is 0 Å². The molecule has 0 unspecified atom stereocenters. The quantitative estimate of drug-likeness (QED) is 0.259. The summed E-state index contributed by atoms with van der Waals surface area (Å²) in [6.07, 6.45) is -2.33. The maximum absolute atomic E-state index is 8.33. The SMILES string of the molecule is N.N.N.N.N.N.O=C([O-])[O-].[Ni+2]. The molecule has 0 spiro atoms. The molecule has 0 rings (SSSR count). The molecule has 0 saturated heterocycles. The third kappa shape index (κ3) is 2370. The van der Waals surface area contributed by atoms with Gasteiger partial charge in [-0.2, -0.15) is 0 Å². The molecule has 0 aliphatic rings. The number of hydrogen-bond donors (Lipinski definition) is 6. The minimum absolute atomic E-state index is 0. The van der Waals surface area contributed by atoms with Crippen molar-refractivity contribution in [3.05, 3.63) is 0 Å². The Morgan fingerprint density at radius 3 is 0.727 bits per heavy atom. The van der Waals surface area contributed by atoms with E-state index in [2.05, 4.69) is 0 Å². The molecule has 0 aliphatic carbocycles. The van der Waals surface area contributed by atoms with Gasteiger partial charge in [0.05, 0.1) is 0 Å². The Morgan fingerprint density at radius 2 is 0.727 bits per heavy atom. The fraction of sp³-hybridized carbons (Fsp3) is 0. The van der Waals surface area contributed by atoms with Crippen LogP contribution in [0.4, 0.5) is 4.79 Å². The minimum Gasteiger partial charge on any atom is -0.652 e. The van der Waals surface area contributed by atoms with Gasteiger partial charge in [0.2, 0.25) is 0 Å². The Balaban J connectivity index is -0.00000000214. The van der Waals surface area contributed by atoms with Crippen LogP contribution in [0.1, 0.15) is 0 Å². The minimum atomic E-state index is -2.33. The molecular weight excluding hydrogens is 203 g/mol. The van der Waals surface area contributed by atoms with Crippen LogP contribution in [0, 0.1) is 0 Å². The zero-order valence-corrected chi connectivity index (χ0v) is 7.27. The van der Waals surface area contributed by atoms with Crippen molar-refractivity contribution in [2.75, 3.05) is 0 Å². The first kappa shape index (κ1) is 150. The molecule has 10 heteroatoms. The van der Waals surface area contributed by atoms with Gasteiger partial charge in [-0.1, -0.05) is 0 Å². The number of carbonyl (C=O) groups is 1. The molecule has 0 radical (unpaired) electrons. The summed E-state index contributed by atoms with van der Waals surface area (Å²) in [6.45, 7) is 0. The van der Waals surface area contributed by atoms with Gasteiger partial charge in [-0.3, -0.25) is 0 Å². The number of rotatable bonds is 0. The van der Waals surface area contributed by atoms with Crippen LogP contribution in [0.3, 0.4) is 0 Å². The van der Waals surface area contributed by atoms with E-state index >= 15 is 0 Å². The molecule has 0 heterocycles. The molecule has 18 N–H and O–H groups in total. The van der Waals surface area contributed by atoms with Crippen LogP contribution in [0.15, 0.2) is 0 Å². The maximum atomic E-state index is 8.33. The Bertz CT molecular complexity index is 40.8. The van der Waals surface area contributed by atoms with Crippen molar-refractivity contribution >= 4 is 6.16 Å². The summed E-state index contributed by atoms with van der Waals surface area (Å²) in [5, 5.41) is 16.7. The van der Waals surface area contributed by atoms with E-state index in [9.17, 15) is 0 Å². The number of carboxylic acid groups (broad SMARTS) is 2. The second-order valence-corrected chi connectivity index (χ2v) is 0.250. The monoisotopic (exact) mass is 220 g/mol. The van der Waals surface area contributed by atoms with Gasteiger partial charge >= 0.3 is 16.5 Å². The van der Waals surface area contributed by atoms with Crippen molar-refractivity contribution in [3.63, 3.8) is 0 Å². The van der Waals surface area contributed by atoms with Gasteiger partial charge in [0.25, 0.3) is 0 Å². The zero-order valence-electron chi connectivity index (χ0n) is 6.28. The van der Waals surface area contributed by atoms with Gasteiger partial charge in [-0.25, -0.2) is 0 Å². The summed E-state index contributed by atoms with van der Waals surface area (Å²) in [7, 11) is 0. The summed E-state index contributed by atoms with van der Waals surface area (Å²) < 4.78 is 0. The van der Waals surface area contributed by atoms with E-state index in [4.69, 9.17) is 15.0 Å². The van der Waals surface area contributed by atoms with Crippen molar-refractivity contribution in [3.8, 4) is 0 Å². The predicted octanol–water partition coefficient (Wildman–Crippen LogP) is -1.48.